The van der Waals surface area contributed by atoms with E-state index in [1.54, 1.807) is 0 Å². The Morgan fingerprint density at radius 3 is 2.00 bits per heavy atom. The second kappa shape index (κ2) is 9.10. The number of rotatable bonds is 11. The largest absolute Gasteiger partial charge is 0.480 e. The maximum atomic E-state index is 12.1. The summed E-state index contributed by atoms with van der Waals surface area (Å²) in [5.74, 6) is -3.10. The van der Waals surface area contributed by atoms with Gasteiger partial charge in [-0.3, -0.25) is 4.79 Å². The van der Waals surface area contributed by atoms with E-state index in [4.69, 9.17) is 26.8 Å². The van der Waals surface area contributed by atoms with Gasteiger partial charge in [0.1, 0.15) is 24.4 Å². The van der Waals surface area contributed by atoms with Gasteiger partial charge in [0.05, 0.1) is 6.61 Å². The molecule has 0 aliphatic rings. The van der Waals surface area contributed by atoms with E-state index in [-0.39, 0.29) is 19.4 Å². The first-order chi connectivity index (χ1) is 10.1. The molecular weight excluding hydrogens is 300 g/mol. The van der Waals surface area contributed by atoms with Gasteiger partial charge < -0.3 is 42.1 Å². The average Bonchev–Trinajstić information content (AvgIpc) is 2.50. The Hall–Kier alpha value is -1.14. The number of aliphatic hydroxyl groups is 5. The van der Waals surface area contributed by atoms with Crippen LogP contribution in [0.3, 0.4) is 0 Å². The second-order valence-electron chi connectivity index (χ2n) is 5.06. The molecule has 0 heterocycles. The minimum atomic E-state index is -2.46. The van der Waals surface area contributed by atoms with Gasteiger partial charge in [0.25, 0.3) is 0 Å². The zero-order valence-electron chi connectivity index (χ0n) is 12.0. The molecule has 0 saturated carbocycles. The van der Waals surface area contributed by atoms with Gasteiger partial charge in [0.15, 0.2) is 11.3 Å². The standard InChI is InChI=1S/C12H24N2O8/c13-4-2-1-3-12(14,11(21)22)10(20)9(19)8(18)7(17)6(16)5-15/h6-9,15-19H,1-5,13-14H2,(H,21,22). The van der Waals surface area contributed by atoms with Crippen LogP contribution < -0.4 is 11.5 Å². The van der Waals surface area contributed by atoms with Crippen LogP contribution in [0.2, 0.25) is 0 Å². The van der Waals surface area contributed by atoms with Crippen molar-refractivity contribution < 1.29 is 40.2 Å². The molecule has 0 saturated heterocycles. The van der Waals surface area contributed by atoms with Crippen LogP contribution >= 0.6 is 0 Å². The summed E-state index contributed by atoms with van der Waals surface area (Å²) in [6.45, 7) is -0.668. The van der Waals surface area contributed by atoms with Crippen LogP contribution in [-0.2, 0) is 9.59 Å². The lowest BCUT2D eigenvalue weighted by atomic mass is 9.83. The molecule has 0 aliphatic carbocycles. The van der Waals surface area contributed by atoms with Crippen LogP contribution in [-0.4, -0.2) is 85.5 Å². The predicted molar refractivity (Wildman–Crippen MR) is 73.6 cm³/mol. The van der Waals surface area contributed by atoms with Gasteiger partial charge in [-0.25, -0.2) is 4.79 Å². The highest BCUT2D eigenvalue weighted by Gasteiger charge is 2.48. The van der Waals surface area contributed by atoms with Crippen molar-refractivity contribution in [3.8, 4) is 0 Å². The second-order valence-corrected chi connectivity index (χ2v) is 5.06. The molecule has 22 heavy (non-hydrogen) atoms. The Morgan fingerprint density at radius 2 is 1.59 bits per heavy atom. The molecule has 0 bridgehead atoms. The first kappa shape index (κ1) is 20.9. The Morgan fingerprint density at radius 1 is 1.05 bits per heavy atom. The van der Waals surface area contributed by atoms with Gasteiger partial charge in [0.2, 0.25) is 0 Å². The zero-order chi connectivity index (χ0) is 17.5. The minimum absolute atomic E-state index is 0.204. The van der Waals surface area contributed by atoms with E-state index in [1.807, 2.05) is 0 Å². The summed E-state index contributed by atoms with van der Waals surface area (Å²) in [6.07, 6.45) is -8.11. The monoisotopic (exact) mass is 324 g/mol. The van der Waals surface area contributed by atoms with Crippen LogP contribution in [0.5, 0.6) is 0 Å². The van der Waals surface area contributed by atoms with Crippen molar-refractivity contribution in [3.63, 3.8) is 0 Å². The van der Waals surface area contributed by atoms with Crippen LogP contribution in [0.25, 0.3) is 0 Å². The van der Waals surface area contributed by atoms with Crippen molar-refractivity contribution >= 4 is 11.8 Å². The van der Waals surface area contributed by atoms with Crippen molar-refractivity contribution in [2.75, 3.05) is 13.2 Å². The highest BCUT2D eigenvalue weighted by atomic mass is 16.4. The van der Waals surface area contributed by atoms with Gasteiger partial charge in [-0.05, 0) is 25.8 Å². The average molecular weight is 324 g/mol. The highest BCUT2D eigenvalue weighted by Crippen LogP contribution is 2.18. The van der Waals surface area contributed by atoms with E-state index < -0.39 is 48.3 Å². The quantitative estimate of drug-likeness (QED) is 0.136. The Balaban J connectivity index is 5.10. The lowest BCUT2D eigenvalue weighted by Crippen LogP contribution is -2.62. The maximum Gasteiger partial charge on any atom is 0.331 e. The van der Waals surface area contributed by atoms with E-state index >= 15 is 0 Å². The number of carbonyl (C=O) groups excluding carboxylic acids is 1. The number of hydrogen-bond acceptors (Lipinski definition) is 9. The predicted octanol–water partition coefficient (Wildman–Crippen LogP) is -4.10. The molecule has 0 aromatic carbocycles. The number of carboxylic acid groups (broad SMARTS) is 1. The summed E-state index contributed by atoms with van der Waals surface area (Å²) in [4.78, 5) is 23.3. The first-order valence-corrected chi connectivity index (χ1v) is 6.73. The summed E-state index contributed by atoms with van der Waals surface area (Å²) in [7, 11) is 0. The van der Waals surface area contributed by atoms with Crippen molar-refractivity contribution in [3.05, 3.63) is 0 Å². The fourth-order valence-corrected chi connectivity index (χ4v) is 1.83. The maximum absolute atomic E-state index is 12.1. The van der Waals surface area contributed by atoms with E-state index in [1.165, 1.54) is 0 Å². The molecule has 0 amide bonds. The normalized spacial score (nSPS) is 19.8. The Kier molecular flexibility index (Phi) is 8.63. The summed E-state index contributed by atoms with van der Waals surface area (Å²) in [5.41, 5.74) is 8.32. The van der Waals surface area contributed by atoms with Gasteiger partial charge in [-0.1, -0.05) is 0 Å². The molecule has 0 fully saturated rings. The van der Waals surface area contributed by atoms with E-state index in [2.05, 4.69) is 0 Å². The third kappa shape index (κ3) is 4.95. The van der Waals surface area contributed by atoms with Gasteiger partial charge in [-0.15, -0.1) is 0 Å². The molecular formula is C12H24N2O8. The molecule has 10 heteroatoms. The summed E-state index contributed by atoms with van der Waals surface area (Å²) >= 11 is 0. The Bertz CT molecular complexity index is 380. The lowest BCUT2D eigenvalue weighted by Gasteiger charge is -2.30. The molecule has 0 spiro atoms. The molecule has 0 radical (unpaired) electrons. The third-order valence-corrected chi connectivity index (χ3v) is 3.37. The molecule has 5 unspecified atom stereocenters. The number of hydrogen-bond donors (Lipinski definition) is 8. The number of unbranched alkanes of at least 4 members (excludes halogenated alkanes) is 1. The summed E-state index contributed by atoms with van der Waals surface area (Å²) in [6, 6.07) is 0. The first-order valence-electron chi connectivity index (χ1n) is 6.73. The number of aliphatic carboxylic acids is 1. The van der Waals surface area contributed by atoms with E-state index in [0.29, 0.717) is 6.42 Å². The molecule has 10 N–H and O–H groups in total. The topological polar surface area (TPSA) is 208 Å². The van der Waals surface area contributed by atoms with E-state index in [0.717, 1.165) is 0 Å². The van der Waals surface area contributed by atoms with Gasteiger partial charge >= 0.3 is 5.97 Å². The Labute approximate surface area is 127 Å². The number of nitrogens with two attached hydrogens (primary N) is 2. The van der Waals surface area contributed by atoms with Crippen LogP contribution in [0.1, 0.15) is 19.3 Å². The zero-order valence-corrected chi connectivity index (χ0v) is 12.0. The van der Waals surface area contributed by atoms with Crippen molar-refractivity contribution in [1.29, 1.82) is 0 Å². The van der Waals surface area contributed by atoms with Crippen LogP contribution in [0.4, 0.5) is 0 Å². The number of carbonyl (C=O) groups is 2. The van der Waals surface area contributed by atoms with Gasteiger partial charge in [-0.2, -0.15) is 0 Å². The molecule has 10 nitrogen and oxygen atoms in total. The SMILES string of the molecule is NCCCCC(N)(C(=O)O)C(=O)C(O)C(O)C(O)C(O)CO. The fraction of sp³-hybridized carbons (Fsp3) is 0.833. The smallest absolute Gasteiger partial charge is 0.331 e. The lowest BCUT2D eigenvalue weighted by molar-refractivity contribution is -0.160. The van der Waals surface area contributed by atoms with Gasteiger partial charge in [0, 0.05) is 0 Å². The molecule has 0 aliphatic heterocycles. The number of ketones is 1. The molecule has 0 rings (SSSR count). The number of Topliss-reactive ketones (excluding diaryl/α,β-unsaturated/α-hetero) is 1. The van der Waals surface area contributed by atoms with Crippen molar-refractivity contribution in [1.82, 2.24) is 0 Å². The summed E-state index contributed by atoms with van der Waals surface area (Å²) < 4.78 is 0. The highest BCUT2D eigenvalue weighted by molar-refractivity contribution is 6.09. The molecule has 0 aromatic heterocycles. The van der Waals surface area contributed by atoms with Crippen LogP contribution in [0.15, 0.2) is 0 Å². The summed E-state index contributed by atoms with van der Waals surface area (Å²) in [5, 5.41) is 55.7. The fourth-order valence-electron chi connectivity index (χ4n) is 1.83. The van der Waals surface area contributed by atoms with E-state index in [9.17, 15) is 24.9 Å². The third-order valence-electron chi connectivity index (χ3n) is 3.37. The van der Waals surface area contributed by atoms with Crippen LogP contribution in [0, 0.1) is 0 Å². The van der Waals surface area contributed by atoms with Crippen molar-refractivity contribution in [2.24, 2.45) is 11.5 Å². The van der Waals surface area contributed by atoms with Crippen molar-refractivity contribution in [2.45, 2.75) is 49.2 Å². The number of carboxylic acids is 1. The molecule has 130 valence electrons. The minimum Gasteiger partial charge on any atom is -0.480 e. The number of aliphatic hydroxyl groups excluding tert-OH is 5. The molecule has 5 atom stereocenters. The molecule has 0 aromatic rings.